The highest BCUT2D eigenvalue weighted by Gasteiger charge is 2.24. The number of benzene rings is 1. The van der Waals surface area contributed by atoms with Crippen LogP contribution in [-0.2, 0) is 14.8 Å². The van der Waals surface area contributed by atoms with E-state index in [1.54, 1.807) is 4.72 Å². The van der Waals surface area contributed by atoms with Crippen LogP contribution in [0.5, 0.6) is 11.5 Å². The number of likely N-dealkylation sites (N-methyl/N-ethyl adjacent to an activating group) is 1. The van der Waals surface area contributed by atoms with Gasteiger partial charge in [0.25, 0.3) is 5.91 Å². The first-order chi connectivity index (χ1) is 14.0. The van der Waals surface area contributed by atoms with Gasteiger partial charge in [-0.1, -0.05) is 11.6 Å². The zero-order chi connectivity index (χ0) is 22.1. The summed E-state index contributed by atoms with van der Waals surface area (Å²) < 4.78 is 63.0. The zero-order valence-electron chi connectivity index (χ0n) is 16.0. The van der Waals surface area contributed by atoms with Crippen molar-refractivity contribution >= 4 is 33.3 Å². The molecule has 12 heteroatoms. The number of pyridine rings is 1. The van der Waals surface area contributed by atoms with Gasteiger partial charge in [0.2, 0.25) is 10.0 Å². The number of nitrogens with one attached hydrogen (secondary N) is 1. The monoisotopic (exact) mass is 461 g/mol. The molecule has 1 unspecified atom stereocenters. The SMILES string of the molecule is CN(c1ncc(Oc2cc(F)c(C(=O)NS(C)(=O)=O)cc2F)cc1Cl)C1CCOC1. The van der Waals surface area contributed by atoms with Gasteiger partial charge in [0.15, 0.2) is 11.6 Å². The third kappa shape index (κ3) is 5.15. The second kappa shape index (κ2) is 8.70. The molecular weight excluding hydrogens is 444 g/mol. The number of aromatic nitrogens is 1. The second-order valence-electron chi connectivity index (χ2n) is 6.67. The summed E-state index contributed by atoms with van der Waals surface area (Å²) in [6.45, 7) is 1.20. The summed E-state index contributed by atoms with van der Waals surface area (Å²) in [6.07, 6.45) is 2.85. The minimum Gasteiger partial charge on any atom is -0.452 e. The van der Waals surface area contributed by atoms with Crippen LogP contribution in [0, 0.1) is 11.6 Å². The van der Waals surface area contributed by atoms with Gasteiger partial charge in [0.1, 0.15) is 17.4 Å². The van der Waals surface area contributed by atoms with Crippen LogP contribution in [-0.4, -0.2) is 51.9 Å². The minimum atomic E-state index is -3.94. The Bertz CT molecular complexity index is 1080. The van der Waals surface area contributed by atoms with Gasteiger partial charge in [-0.15, -0.1) is 0 Å². The summed E-state index contributed by atoms with van der Waals surface area (Å²) in [5, 5.41) is 0.243. The van der Waals surface area contributed by atoms with Crippen LogP contribution in [0.1, 0.15) is 16.8 Å². The molecule has 1 fully saturated rings. The Labute approximate surface area is 176 Å². The summed E-state index contributed by atoms with van der Waals surface area (Å²) in [7, 11) is -2.11. The fourth-order valence-electron chi connectivity index (χ4n) is 2.86. The highest BCUT2D eigenvalue weighted by molar-refractivity contribution is 7.89. The Kier molecular flexibility index (Phi) is 6.44. The molecule has 1 aromatic carbocycles. The van der Waals surface area contributed by atoms with E-state index in [1.807, 2.05) is 11.9 Å². The number of carbonyl (C=O) groups is 1. The van der Waals surface area contributed by atoms with Crippen LogP contribution >= 0.6 is 11.6 Å². The lowest BCUT2D eigenvalue weighted by Crippen LogP contribution is -2.32. The number of rotatable bonds is 6. The van der Waals surface area contributed by atoms with Gasteiger partial charge >= 0.3 is 0 Å². The summed E-state index contributed by atoms with van der Waals surface area (Å²) in [6, 6.07) is 2.70. The fraction of sp³-hybridized carbons (Fsp3) is 0.333. The largest absolute Gasteiger partial charge is 0.452 e. The third-order valence-electron chi connectivity index (χ3n) is 4.36. The lowest BCUT2D eigenvalue weighted by molar-refractivity contribution is 0.0977. The first-order valence-electron chi connectivity index (χ1n) is 8.70. The average Bonchev–Trinajstić information content (AvgIpc) is 3.17. The summed E-state index contributed by atoms with van der Waals surface area (Å²) >= 11 is 6.27. The van der Waals surface area contributed by atoms with Crippen LogP contribution in [0.15, 0.2) is 24.4 Å². The topological polar surface area (TPSA) is 97.8 Å². The van der Waals surface area contributed by atoms with Crippen molar-refractivity contribution in [2.45, 2.75) is 12.5 Å². The average molecular weight is 462 g/mol. The molecule has 1 aliphatic heterocycles. The summed E-state index contributed by atoms with van der Waals surface area (Å²) in [5.41, 5.74) is -0.780. The Balaban J connectivity index is 1.80. The van der Waals surface area contributed by atoms with Crippen LogP contribution in [0.4, 0.5) is 14.6 Å². The van der Waals surface area contributed by atoms with Crippen LogP contribution in [0.2, 0.25) is 5.02 Å². The van der Waals surface area contributed by atoms with E-state index in [-0.39, 0.29) is 16.8 Å². The number of nitrogens with zero attached hydrogens (tertiary/aromatic N) is 2. The van der Waals surface area contributed by atoms with Gasteiger partial charge in [-0.2, -0.15) is 0 Å². The molecule has 1 atom stereocenters. The fourth-order valence-corrected chi connectivity index (χ4v) is 3.60. The van der Waals surface area contributed by atoms with Crippen molar-refractivity contribution in [2.24, 2.45) is 0 Å². The number of anilines is 1. The van der Waals surface area contributed by atoms with E-state index >= 15 is 0 Å². The maximum absolute atomic E-state index is 14.3. The van der Waals surface area contributed by atoms with E-state index in [4.69, 9.17) is 21.1 Å². The maximum atomic E-state index is 14.3. The molecule has 1 amide bonds. The standard InChI is InChI=1S/C18H18ClF2N3O5S/c1-24(10-3-4-28-9-10)17-13(19)5-11(8-22-17)29-16-7-14(20)12(6-15(16)21)18(25)23-30(2,26)27/h5-8,10H,3-4,9H2,1-2H3,(H,23,25). The lowest BCUT2D eigenvalue weighted by atomic mass is 10.2. The Morgan fingerprint density at radius 3 is 2.67 bits per heavy atom. The molecule has 2 aromatic rings. The number of sulfonamides is 1. The van der Waals surface area contributed by atoms with Crippen LogP contribution < -0.4 is 14.4 Å². The van der Waals surface area contributed by atoms with Gasteiger partial charge in [-0.3, -0.25) is 4.79 Å². The molecule has 1 aromatic heterocycles. The highest BCUT2D eigenvalue weighted by atomic mass is 35.5. The second-order valence-corrected chi connectivity index (χ2v) is 8.83. The first-order valence-corrected chi connectivity index (χ1v) is 11.0. The van der Waals surface area contributed by atoms with Crippen molar-refractivity contribution in [3.8, 4) is 11.5 Å². The van der Waals surface area contributed by atoms with Gasteiger partial charge in [0, 0.05) is 25.8 Å². The normalized spacial score (nSPS) is 16.4. The predicted octanol–water partition coefficient (Wildman–Crippen LogP) is 2.72. The Hall–Kier alpha value is -2.50. The van der Waals surface area contributed by atoms with Crippen LogP contribution in [0.25, 0.3) is 0 Å². The molecule has 162 valence electrons. The smallest absolute Gasteiger partial charge is 0.267 e. The number of halogens is 3. The molecule has 1 saturated heterocycles. The molecule has 0 radical (unpaired) electrons. The number of ether oxygens (including phenoxy) is 2. The molecule has 30 heavy (non-hydrogen) atoms. The number of hydrogen-bond acceptors (Lipinski definition) is 7. The maximum Gasteiger partial charge on any atom is 0.267 e. The molecule has 2 heterocycles. The number of hydrogen-bond donors (Lipinski definition) is 1. The predicted molar refractivity (Wildman–Crippen MR) is 106 cm³/mol. The van der Waals surface area contributed by atoms with E-state index in [2.05, 4.69) is 4.98 Å². The van der Waals surface area contributed by atoms with Gasteiger partial charge in [-0.05, 0) is 12.5 Å². The van der Waals surface area contributed by atoms with Gasteiger partial charge in [0.05, 0.1) is 35.7 Å². The molecule has 8 nitrogen and oxygen atoms in total. The van der Waals surface area contributed by atoms with Crippen molar-refractivity contribution in [2.75, 3.05) is 31.4 Å². The van der Waals surface area contributed by atoms with E-state index < -0.39 is 38.9 Å². The summed E-state index contributed by atoms with van der Waals surface area (Å²) in [5.74, 6) is -3.52. The number of carbonyl (C=O) groups excluding carboxylic acids is 1. The van der Waals surface area contributed by atoms with Gasteiger partial charge < -0.3 is 14.4 Å². The van der Waals surface area contributed by atoms with Crippen LogP contribution in [0.3, 0.4) is 0 Å². The molecule has 0 bridgehead atoms. The van der Waals surface area contributed by atoms with Crippen molar-refractivity contribution in [3.05, 3.63) is 46.6 Å². The Morgan fingerprint density at radius 2 is 2.07 bits per heavy atom. The Morgan fingerprint density at radius 1 is 1.33 bits per heavy atom. The molecule has 0 aliphatic carbocycles. The molecule has 3 rings (SSSR count). The van der Waals surface area contributed by atoms with Crippen molar-refractivity contribution in [3.63, 3.8) is 0 Å². The van der Waals surface area contributed by atoms with Crippen molar-refractivity contribution in [1.29, 1.82) is 0 Å². The minimum absolute atomic E-state index is 0.0476. The van der Waals surface area contributed by atoms with E-state index in [0.717, 1.165) is 6.42 Å². The number of amides is 1. The highest BCUT2D eigenvalue weighted by Crippen LogP contribution is 2.32. The molecule has 1 N–H and O–H groups in total. The van der Waals surface area contributed by atoms with Gasteiger partial charge in [-0.25, -0.2) is 26.9 Å². The first kappa shape index (κ1) is 22.2. The molecule has 0 saturated carbocycles. The van der Waals surface area contributed by atoms with E-state index in [1.165, 1.54) is 12.3 Å². The van der Waals surface area contributed by atoms with E-state index in [0.29, 0.717) is 37.4 Å². The summed E-state index contributed by atoms with van der Waals surface area (Å²) in [4.78, 5) is 17.9. The van der Waals surface area contributed by atoms with Crippen molar-refractivity contribution < 1.29 is 31.5 Å². The van der Waals surface area contributed by atoms with E-state index in [9.17, 15) is 22.0 Å². The zero-order valence-corrected chi connectivity index (χ0v) is 17.6. The molecule has 1 aliphatic rings. The van der Waals surface area contributed by atoms with Crippen molar-refractivity contribution in [1.82, 2.24) is 9.71 Å². The third-order valence-corrected chi connectivity index (χ3v) is 5.19. The quantitative estimate of drug-likeness (QED) is 0.706. The lowest BCUT2D eigenvalue weighted by Gasteiger charge is -2.25. The molecular formula is C18H18ClF2N3O5S. The molecule has 0 spiro atoms.